The Kier molecular flexibility index (Phi) is 13.8. The molecule has 10 nitrogen and oxygen atoms in total. The van der Waals surface area contributed by atoms with Crippen molar-refractivity contribution in [2.75, 3.05) is 19.8 Å². The van der Waals surface area contributed by atoms with Gasteiger partial charge in [0.05, 0.1) is 11.9 Å². The Morgan fingerprint density at radius 2 is 1.83 bits per heavy atom. The predicted molar refractivity (Wildman–Crippen MR) is 162 cm³/mol. The molecule has 1 aromatic heterocycles. The number of carbonyl (C=O) groups excluding carboxylic acids is 2. The van der Waals surface area contributed by atoms with Crippen molar-refractivity contribution in [2.24, 2.45) is 11.8 Å². The summed E-state index contributed by atoms with van der Waals surface area (Å²) < 4.78 is 31.6. The first-order chi connectivity index (χ1) is 19.2. The molecule has 1 amide bonds. The molecule has 0 saturated carbocycles. The van der Waals surface area contributed by atoms with Gasteiger partial charge in [-0.05, 0) is 23.8 Å². The largest absolute Gasteiger partial charge is 0.455 e. The molecule has 0 aliphatic rings. The molecular formula is C29H46N4O6S2. The number of amides is 1. The standard InChI is InChI=1S/C29H46N4O6S2/c1-8-20(4)14-27(35)33(6)25(19(2)3)16-26(39-21(5)34)29-32-24(18-40-29)28(36)31-23(17-30-41(7,37)38)15-22-12-10-9-11-13-22/h9-13,18-20,23,25-26,28,30-31,36H,8,14-17H2,1-7H3/t20-,23-,25+,26?,28?/m0/s1. The van der Waals surface area contributed by atoms with Gasteiger partial charge in [0.1, 0.15) is 11.2 Å². The minimum Gasteiger partial charge on any atom is -0.455 e. The number of nitrogens with one attached hydrogen (secondary N) is 2. The number of nitrogens with zero attached hydrogens (tertiary/aromatic N) is 2. The smallest absolute Gasteiger partial charge is 0.303 e. The van der Waals surface area contributed by atoms with E-state index in [0.717, 1.165) is 18.2 Å². The van der Waals surface area contributed by atoms with Crippen LogP contribution >= 0.6 is 11.3 Å². The summed E-state index contributed by atoms with van der Waals surface area (Å²) in [6, 6.07) is 8.94. The van der Waals surface area contributed by atoms with Crippen molar-refractivity contribution < 1.29 is 27.9 Å². The van der Waals surface area contributed by atoms with Crippen LogP contribution in [0.4, 0.5) is 0 Å². The number of carbonyl (C=O) groups is 2. The summed E-state index contributed by atoms with van der Waals surface area (Å²) in [7, 11) is -1.64. The summed E-state index contributed by atoms with van der Waals surface area (Å²) in [5, 5.41) is 16.3. The number of hydrogen-bond donors (Lipinski definition) is 3. The van der Waals surface area contributed by atoms with Crippen LogP contribution in [0, 0.1) is 11.8 Å². The van der Waals surface area contributed by atoms with Crippen molar-refractivity contribution in [3.8, 4) is 0 Å². The number of aliphatic hydroxyl groups excluding tert-OH is 1. The molecule has 0 spiro atoms. The molecule has 2 aromatic rings. The van der Waals surface area contributed by atoms with Crippen molar-refractivity contribution in [3.05, 3.63) is 52.0 Å². The van der Waals surface area contributed by atoms with E-state index in [4.69, 9.17) is 4.74 Å². The minimum atomic E-state index is -3.43. The molecule has 1 heterocycles. The summed E-state index contributed by atoms with van der Waals surface area (Å²) in [4.78, 5) is 31.3. The third-order valence-corrected chi connectivity index (χ3v) is 8.70. The summed E-state index contributed by atoms with van der Waals surface area (Å²) in [5.41, 5.74) is 1.31. The third-order valence-electron chi connectivity index (χ3n) is 7.05. The number of benzene rings is 1. The number of thiazole rings is 1. The first-order valence-electron chi connectivity index (χ1n) is 14.0. The second kappa shape index (κ2) is 16.3. The van der Waals surface area contributed by atoms with Gasteiger partial charge in [0, 0.05) is 50.8 Å². The molecular weight excluding hydrogens is 564 g/mol. The van der Waals surface area contributed by atoms with Gasteiger partial charge in [-0.2, -0.15) is 0 Å². The van der Waals surface area contributed by atoms with E-state index < -0.39 is 34.4 Å². The summed E-state index contributed by atoms with van der Waals surface area (Å²) in [6.07, 6.45) is 1.41. The molecule has 1 aromatic carbocycles. The highest BCUT2D eigenvalue weighted by Gasteiger charge is 2.31. The Morgan fingerprint density at radius 1 is 1.17 bits per heavy atom. The van der Waals surface area contributed by atoms with Crippen LogP contribution < -0.4 is 10.0 Å². The van der Waals surface area contributed by atoms with Gasteiger partial charge in [-0.25, -0.2) is 18.1 Å². The van der Waals surface area contributed by atoms with Gasteiger partial charge in [-0.3, -0.25) is 14.9 Å². The molecule has 12 heteroatoms. The predicted octanol–water partition coefficient (Wildman–Crippen LogP) is 3.80. The van der Waals surface area contributed by atoms with Crippen molar-refractivity contribution in [1.29, 1.82) is 0 Å². The fraction of sp³-hybridized carbons (Fsp3) is 0.621. The minimum absolute atomic E-state index is 0.0474. The molecule has 3 N–H and O–H groups in total. The van der Waals surface area contributed by atoms with Gasteiger partial charge in [-0.15, -0.1) is 11.3 Å². The third kappa shape index (κ3) is 12.2. The maximum Gasteiger partial charge on any atom is 0.303 e. The van der Waals surface area contributed by atoms with Crippen LogP contribution in [0.15, 0.2) is 35.7 Å². The Labute approximate surface area is 248 Å². The highest BCUT2D eigenvalue weighted by molar-refractivity contribution is 7.88. The second-order valence-electron chi connectivity index (χ2n) is 11.1. The van der Waals surface area contributed by atoms with E-state index in [2.05, 4.69) is 28.9 Å². The van der Waals surface area contributed by atoms with E-state index in [1.807, 2.05) is 44.2 Å². The lowest BCUT2D eigenvalue weighted by Gasteiger charge is -2.34. The molecule has 230 valence electrons. The molecule has 5 atom stereocenters. The molecule has 0 fully saturated rings. The number of ether oxygens (including phenoxy) is 1. The molecule has 0 saturated heterocycles. The Hall–Kier alpha value is -2.38. The Morgan fingerprint density at radius 3 is 2.39 bits per heavy atom. The molecule has 0 aliphatic carbocycles. The van der Waals surface area contributed by atoms with Crippen LogP contribution in [0.1, 0.15) is 82.5 Å². The lowest BCUT2D eigenvalue weighted by atomic mass is 9.95. The zero-order chi connectivity index (χ0) is 30.7. The second-order valence-corrected chi connectivity index (χ2v) is 13.8. The van der Waals surface area contributed by atoms with Crippen molar-refractivity contribution in [2.45, 2.75) is 84.7 Å². The quantitative estimate of drug-likeness (QED) is 0.182. The van der Waals surface area contributed by atoms with Gasteiger partial charge in [-0.1, -0.05) is 64.4 Å². The van der Waals surface area contributed by atoms with Crippen molar-refractivity contribution in [1.82, 2.24) is 19.9 Å². The number of sulfonamides is 1. The van der Waals surface area contributed by atoms with Gasteiger partial charge in [0.15, 0.2) is 6.10 Å². The van der Waals surface area contributed by atoms with Crippen LogP contribution in [0.3, 0.4) is 0 Å². The summed E-state index contributed by atoms with van der Waals surface area (Å²) >= 11 is 1.26. The molecule has 2 rings (SSSR count). The summed E-state index contributed by atoms with van der Waals surface area (Å²) in [5.74, 6) is -0.0369. The lowest BCUT2D eigenvalue weighted by Crippen LogP contribution is -2.43. The topological polar surface area (TPSA) is 138 Å². The Bertz CT molecular complexity index is 1200. The number of esters is 1. The zero-order valence-electron chi connectivity index (χ0n) is 25.2. The molecule has 0 aliphatic heterocycles. The normalized spacial score (nSPS) is 15.6. The zero-order valence-corrected chi connectivity index (χ0v) is 26.8. The van der Waals surface area contributed by atoms with Crippen LogP contribution in [0.25, 0.3) is 0 Å². The highest BCUT2D eigenvalue weighted by Crippen LogP contribution is 2.31. The highest BCUT2D eigenvalue weighted by atomic mass is 32.2. The Balaban J connectivity index is 2.22. The first kappa shape index (κ1) is 34.8. The monoisotopic (exact) mass is 610 g/mol. The maximum atomic E-state index is 13.0. The van der Waals surface area contributed by atoms with E-state index in [-0.39, 0.29) is 30.3 Å². The average Bonchev–Trinajstić information content (AvgIpc) is 3.39. The van der Waals surface area contributed by atoms with E-state index in [9.17, 15) is 23.1 Å². The maximum absolute atomic E-state index is 13.0. The molecule has 41 heavy (non-hydrogen) atoms. The lowest BCUT2D eigenvalue weighted by molar-refractivity contribution is -0.148. The van der Waals surface area contributed by atoms with Crippen LogP contribution in [-0.2, 0) is 30.8 Å². The average molecular weight is 611 g/mol. The van der Waals surface area contributed by atoms with Crippen molar-refractivity contribution in [3.63, 3.8) is 0 Å². The van der Waals surface area contributed by atoms with Gasteiger partial charge < -0.3 is 14.7 Å². The van der Waals surface area contributed by atoms with Crippen molar-refractivity contribution >= 4 is 33.2 Å². The van der Waals surface area contributed by atoms with Crippen LogP contribution in [0.5, 0.6) is 0 Å². The van der Waals surface area contributed by atoms with Gasteiger partial charge >= 0.3 is 5.97 Å². The first-order valence-corrected chi connectivity index (χ1v) is 16.8. The van der Waals surface area contributed by atoms with Gasteiger partial charge in [0.2, 0.25) is 15.9 Å². The molecule has 2 unspecified atom stereocenters. The molecule has 0 bridgehead atoms. The number of hydrogen-bond acceptors (Lipinski definition) is 9. The van der Waals surface area contributed by atoms with Crippen LogP contribution in [0.2, 0.25) is 0 Å². The van der Waals surface area contributed by atoms with E-state index in [1.54, 1.807) is 17.3 Å². The fourth-order valence-corrected chi connectivity index (χ4v) is 5.87. The number of rotatable bonds is 17. The van der Waals surface area contributed by atoms with Crippen LogP contribution in [-0.4, -0.2) is 67.2 Å². The van der Waals surface area contributed by atoms with E-state index in [1.165, 1.54) is 18.3 Å². The molecule has 0 radical (unpaired) electrons. The fourth-order valence-electron chi connectivity index (χ4n) is 4.49. The van der Waals surface area contributed by atoms with E-state index >= 15 is 0 Å². The SMILES string of the molecule is CC[C@H](C)CC(=O)N(C)[C@H](CC(OC(C)=O)c1nc(C(O)N[C@H](CNS(C)(=O)=O)Cc2ccccc2)cs1)C(C)C. The van der Waals surface area contributed by atoms with Gasteiger partial charge in [0.25, 0.3) is 0 Å². The number of aliphatic hydroxyl groups is 1. The summed E-state index contributed by atoms with van der Waals surface area (Å²) in [6.45, 7) is 9.58. The van der Waals surface area contributed by atoms with E-state index in [0.29, 0.717) is 30.0 Å². The number of aromatic nitrogens is 1.